The van der Waals surface area contributed by atoms with Gasteiger partial charge in [-0.2, -0.15) is 5.10 Å². The van der Waals surface area contributed by atoms with Gasteiger partial charge in [0, 0.05) is 59.0 Å². The molecule has 5 aromatic heterocycles. The maximum Gasteiger partial charge on any atom is 0.138 e. The van der Waals surface area contributed by atoms with Gasteiger partial charge in [-0.1, -0.05) is 0 Å². The third-order valence-corrected chi connectivity index (χ3v) is 8.09. The van der Waals surface area contributed by atoms with E-state index in [1.54, 1.807) is 24.8 Å². The molecule has 1 aliphatic rings. The number of hydrogen-bond acceptors (Lipinski definition) is 8. The van der Waals surface area contributed by atoms with E-state index in [0.717, 1.165) is 70.6 Å². The maximum absolute atomic E-state index is 14.8. The molecule has 0 unspecified atom stereocenters. The number of likely N-dealkylation sites (tertiary alicyclic amines) is 1. The van der Waals surface area contributed by atoms with Gasteiger partial charge in [0.05, 0.1) is 35.0 Å². The summed E-state index contributed by atoms with van der Waals surface area (Å²) in [7, 11) is 4.02. The average Bonchev–Trinajstić information content (AvgIpc) is 3.80. The molecular weight excluding hydrogens is 571 g/mol. The molecular formula is C34H35FN8O2. The molecule has 2 N–H and O–H groups in total. The van der Waals surface area contributed by atoms with Crippen LogP contribution in [-0.4, -0.2) is 93.4 Å². The first-order chi connectivity index (χ1) is 22.0. The standard InChI is InChI=1S/C34H35FN8O2/c1-42(2)9-11-45-26-15-23(19-36-20-26)30-17-28-32(21-38-30)40-41-34(28)31-18-27-29(39-31)5-6-37-33(27)22-13-24(35)16-25(14-22)44-12-10-43-7-3-4-8-43/h5-6,13-21,39H,3-4,7-12H2,1-2H3,(H,40,41). The summed E-state index contributed by atoms with van der Waals surface area (Å²) in [6, 6.07) is 12.6. The maximum atomic E-state index is 14.8. The van der Waals surface area contributed by atoms with E-state index in [9.17, 15) is 4.39 Å². The quantitative estimate of drug-likeness (QED) is 0.191. The first-order valence-corrected chi connectivity index (χ1v) is 15.2. The summed E-state index contributed by atoms with van der Waals surface area (Å²) >= 11 is 0. The Balaban J connectivity index is 1.18. The molecule has 0 radical (unpaired) electrons. The Labute approximate surface area is 260 Å². The van der Waals surface area contributed by atoms with Gasteiger partial charge in [-0.25, -0.2) is 4.39 Å². The van der Waals surface area contributed by atoms with Crippen LogP contribution in [0.4, 0.5) is 4.39 Å². The molecule has 1 aliphatic heterocycles. The smallest absolute Gasteiger partial charge is 0.138 e. The second-order valence-corrected chi connectivity index (χ2v) is 11.6. The van der Waals surface area contributed by atoms with Crippen LogP contribution in [0.15, 0.2) is 67.3 Å². The highest BCUT2D eigenvalue weighted by molar-refractivity contribution is 6.00. The Bertz CT molecular complexity index is 1950. The van der Waals surface area contributed by atoms with Crippen molar-refractivity contribution in [3.05, 3.63) is 73.1 Å². The van der Waals surface area contributed by atoms with Gasteiger partial charge in [0.25, 0.3) is 0 Å². The minimum Gasteiger partial charge on any atom is -0.492 e. The molecule has 0 aliphatic carbocycles. The van der Waals surface area contributed by atoms with Crippen molar-refractivity contribution in [2.24, 2.45) is 0 Å². The Morgan fingerprint density at radius 2 is 1.67 bits per heavy atom. The van der Waals surface area contributed by atoms with Crippen LogP contribution in [0.3, 0.4) is 0 Å². The fourth-order valence-corrected chi connectivity index (χ4v) is 5.76. The lowest BCUT2D eigenvalue weighted by Crippen LogP contribution is -2.25. The van der Waals surface area contributed by atoms with Gasteiger partial charge in [0.2, 0.25) is 0 Å². The average molecular weight is 607 g/mol. The monoisotopic (exact) mass is 606 g/mol. The van der Waals surface area contributed by atoms with Gasteiger partial charge in [0.1, 0.15) is 36.2 Å². The van der Waals surface area contributed by atoms with Crippen LogP contribution in [0.25, 0.3) is 55.7 Å². The van der Waals surface area contributed by atoms with Crippen LogP contribution in [-0.2, 0) is 0 Å². The van der Waals surface area contributed by atoms with E-state index in [4.69, 9.17) is 9.47 Å². The zero-order chi connectivity index (χ0) is 30.8. The third kappa shape index (κ3) is 6.36. The number of aromatic nitrogens is 6. The summed E-state index contributed by atoms with van der Waals surface area (Å²) in [4.78, 5) is 21.6. The van der Waals surface area contributed by atoms with E-state index in [1.165, 1.54) is 25.0 Å². The van der Waals surface area contributed by atoms with Gasteiger partial charge < -0.3 is 19.4 Å². The largest absolute Gasteiger partial charge is 0.492 e. The molecule has 10 nitrogen and oxygen atoms in total. The number of ether oxygens (including phenoxy) is 2. The number of benzene rings is 1. The number of rotatable bonds is 11. The van der Waals surface area contributed by atoms with Crippen molar-refractivity contribution in [3.63, 3.8) is 0 Å². The van der Waals surface area contributed by atoms with Crippen molar-refractivity contribution in [1.29, 1.82) is 0 Å². The predicted molar refractivity (Wildman–Crippen MR) is 173 cm³/mol. The number of pyridine rings is 3. The fourth-order valence-electron chi connectivity index (χ4n) is 5.76. The van der Waals surface area contributed by atoms with Crippen LogP contribution in [0, 0.1) is 5.82 Å². The Morgan fingerprint density at radius 3 is 2.53 bits per heavy atom. The molecule has 0 saturated carbocycles. The molecule has 1 aromatic carbocycles. The first-order valence-electron chi connectivity index (χ1n) is 15.2. The number of nitrogens with one attached hydrogen (secondary N) is 2. The Hall–Kier alpha value is -4.87. The first kappa shape index (κ1) is 28.9. The number of halogens is 1. The zero-order valence-electron chi connectivity index (χ0n) is 25.4. The number of H-pyrrole nitrogens is 2. The van der Waals surface area contributed by atoms with Gasteiger partial charge in [0.15, 0.2) is 0 Å². The van der Waals surface area contributed by atoms with Crippen LogP contribution in [0.1, 0.15) is 12.8 Å². The molecule has 0 amide bonds. The molecule has 1 saturated heterocycles. The molecule has 0 spiro atoms. The van der Waals surface area contributed by atoms with E-state index in [-0.39, 0.29) is 5.82 Å². The van der Waals surface area contributed by atoms with Gasteiger partial charge in [-0.15, -0.1) is 0 Å². The van der Waals surface area contributed by atoms with Crippen LogP contribution < -0.4 is 9.47 Å². The van der Waals surface area contributed by atoms with Gasteiger partial charge in [-0.05, 0) is 76.4 Å². The minimum absolute atomic E-state index is 0.363. The van der Waals surface area contributed by atoms with Crippen molar-refractivity contribution >= 4 is 21.8 Å². The summed E-state index contributed by atoms with van der Waals surface area (Å²) in [5.41, 5.74) is 6.14. The van der Waals surface area contributed by atoms with Crippen molar-refractivity contribution in [2.75, 3.05) is 53.5 Å². The number of hydrogen-bond donors (Lipinski definition) is 2. The number of aromatic amines is 2. The van der Waals surface area contributed by atoms with Crippen molar-refractivity contribution in [2.45, 2.75) is 12.8 Å². The third-order valence-electron chi connectivity index (χ3n) is 8.09. The summed E-state index contributed by atoms with van der Waals surface area (Å²) in [5.74, 6) is 0.828. The number of nitrogens with zero attached hydrogens (tertiary/aromatic N) is 6. The summed E-state index contributed by atoms with van der Waals surface area (Å²) in [6.45, 7) is 4.92. The molecule has 0 atom stereocenters. The van der Waals surface area contributed by atoms with Gasteiger partial charge in [-0.3, -0.25) is 25.0 Å². The second kappa shape index (κ2) is 12.6. The van der Waals surface area contributed by atoms with Crippen LogP contribution in [0.5, 0.6) is 11.5 Å². The SMILES string of the molecule is CN(C)CCOc1cncc(-c2cc3c(-c4cc5c(-c6cc(F)cc(OCCN7CCCC7)c6)nccc5[nH]4)n[nH]c3cn2)c1. The normalized spacial score (nSPS) is 13.8. The predicted octanol–water partition coefficient (Wildman–Crippen LogP) is 5.78. The second-order valence-electron chi connectivity index (χ2n) is 11.6. The molecule has 230 valence electrons. The molecule has 6 aromatic rings. The number of likely N-dealkylation sites (N-methyl/N-ethyl adjacent to an activating group) is 1. The topological polar surface area (TPSA) is 108 Å². The van der Waals surface area contributed by atoms with E-state index < -0.39 is 0 Å². The van der Waals surface area contributed by atoms with E-state index >= 15 is 0 Å². The lowest BCUT2D eigenvalue weighted by molar-refractivity contribution is 0.237. The fraction of sp³-hybridized carbons (Fsp3) is 0.294. The summed E-state index contributed by atoms with van der Waals surface area (Å²) in [6.07, 6.45) is 9.43. The lowest BCUT2D eigenvalue weighted by Gasteiger charge is -2.15. The molecule has 6 heterocycles. The highest BCUT2D eigenvalue weighted by Crippen LogP contribution is 2.35. The van der Waals surface area contributed by atoms with Crippen molar-refractivity contribution in [1.82, 2.24) is 39.9 Å². The Morgan fingerprint density at radius 1 is 0.844 bits per heavy atom. The Kier molecular flexibility index (Phi) is 8.10. The molecule has 45 heavy (non-hydrogen) atoms. The molecule has 1 fully saturated rings. The number of fused-ring (bicyclic) bond motifs is 2. The molecule has 7 rings (SSSR count). The molecule has 0 bridgehead atoms. The zero-order valence-corrected chi connectivity index (χ0v) is 25.4. The summed E-state index contributed by atoms with van der Waals surface area (Å²) in [5, 5.41) is 9.48. The van der Waals surface area contributed by atoms with E-state index in [0.29, 0.717) is 36.0 Å². The minimum atomic E-state index is -0.363. The van der Waals surface area contributed by atoms with Crippen LogP contribution in [0.2, 0.25) is 0 Å². The van der Waals surface area contributed by atoms with Gasteiger partial charge >= 0.3 is 0 Å². The molecule has 11 heteroatoms. The van der Waals surface area contributed by atoms with E-state index in [1.807, 2.05) is 44.4 Å². The lowest BCUT2D eigenvalue weighted by atomic mass is 10.1. The van der Waals surface area contributed by atoms with Crippen molar-refractivity contribution in [3.8, 4) is 45.4 Å². The highest BCUT2D eigenvalue weighted by atomic mass is 19.1. The van der Waals surface area contributed by atoms with Crippen molar-refractivity contribution < 1.29 is 13.9 Å². The van der Waals surface area contributed by atoms with E-state index in [2.05, 4.69) is 39.9 Å². The highest BCUT2D eigenvalue weighted by Gasteiger charge is 2.17. The summed E-state index contributed by atoms with van der Waals surface area (Å²) < 4.78 is 26.6. The van der Waals surface area contributed by atoms with Crippen LogP contribution >= 0.6 is 0 Å².